The molecule has 2 aromatic rings. The van der Waals surface area contributed by atoms with Crippen molar-refractivity contribution in [3.8, 4) is 0 Å². The van der Waals surface area contributed by atoms with Gasteiger partial charge in [0.1, 0.15) is 10.7 Å². The van der Waals surface area contributed by atoms with Crippen LogP contribution in [0.4, 0.5) is 0 Å². The van der Waals surface area contributed by atoms with E-state index in [4.69, 9.17) is 10.7 Å². The fraction of sp³-hybridized carbons (Fsp3) is 0.632. The molecule has 1 fully saturated rings. The van der Waals surface area contributed by atoms with E-state index in [9.17, 15) is 9.59 Å². The van der Waals surface area contributed by atoms with Crippen LogP contribution in [-0.2, 0) is 13.0 Å². The Balaban J connectivity index is 1.71. The molecule has 7 heteroatoms. The van der Waals surface area contributed by atoms with E-state index in [0.29, 0.717) is 22.7 Å². The quantitative estimate of drug-likeness (QED) is 0.875. The van der Waals surface area contributed by atoms with Crippen LogP contribution in [0.25, 0.3) is 10.2 Å². The molecule has 4 heterocycles. The number of thiophene rings is 1. The van der Waals surface area contributed by atoms with Gasteiger partial charge in [0.25, 0.3) is 11.5 Å². The zero-order valence-corrected chi connectivity index (χ0v) is 16.1. The van der Waals surface area contributed by atoms with Crippen LogP contribution >= 0.6 is 11.3 Å². The van der Waals surface area contributed by atoms with Crippen molar-refractivity contribution in [1.82, 2.24) is 14.5 Å². The Hall–Kier alpha value is -1.73. The molecule has 1 amide bonds. The Morgan fingerprint density at radius 3 is 2.73 bits per heavy atom. The summed E-state index contributed by atoms with van der Waals surface area (Å²) >= 11 is 1.39. The van der Waals surface area contributed by atoms with Gasteiger partial charge in [-0.3, -0.25) is 14.2 Å². The lowest BCUT2D eigenvalue weighted by molar-refractivity contribution is 0.0698. The number of fused-ring (bicyclic) bond motifs is 2. The van der Waals surface area contributed by atoms with Crippen molar-refractivity contribution in [2.75, 3.05) is 19.6 Å². The van der Waals surface area contributed by atoms with Crippen molar-refractivity contribution in [2.45, 2.75) is 52.0 Å². The zero-order chi connectivity index (χ0) is 18.3. The van der Waals surface area contributed by atoms with Crippen molar-refractivity contribution in [1.29, 1.82) is 0 Å². The minimum Gasteiger partial charge on any atom is -0.338 e. The highest BCUT2D eigenvalue weighted by atomic mass is 32.1. The van der Waals surface area contributed by atoms with Crippen LogP contribution in [0.3, 0.4) is 0 Å². The number of nitrogens with zero attached hydrogens (tertiary/aromatic N) is 3. The molecule has 0 aromatic carbocycles. The lowest BCUT2D eigenvalue weighted by Gasteiger charge is -2.31. The molecule has 6 nitrogen and oxygen atoms in total. The molecular weight excluding hydrogens is 348 g/mol. The van der Waals surface area contributed by atoms with E-state index in [1.165, 1.54) is 11.3 Å². The Kier molecular flexibility index (Phi) is 4.84. The number of likely N-dealkylation sites (tertiary alicyclic amines) is 1. The second-order valence-electron chi connectivity index (χ2n) is 7.50. The van der Waals surface area contributed by atoms with Crippen molar-refractivity contribution in [3.63, 3.8) is 0 Å². The molecule has 4 rings (SSSR count). The van der Waals surface area contributed by atoms with Crippen molar-refractivity contribution in [2.24, 2.45) is 11.7 Å². The maximum Gasteiger partial charge on any atom is 0.264 e. The number of nitrogens with two attached hydrogens (primary N) is 1. The first kappa shape index (κ1) is 17.7. The molecule has 0 saturated carbocycles. The highest BCUT2D eigenvalue weighted by molar-refractivity contribution is 7.20. The molecule has 2 aliphatic heterocycles. The van der Waals surface area contributed by atoms with Crippen LogP contribution in [0.1, 0.15) is 53.2 Å². The monoisotopic (exact) mass is 374 g/mol. The first-order valence-corrected chi connectivity index (χ1v) is 10.4. The van der Waals surface area contributed by atoms with E-state index >= 15 is 0 Å². The number of hydrogen-bond acceptors (Lipinski definition) is 5. The lowest BCUT2D eigenvalue weighted by Crippen LogP contribution is -2.40. The molecule has 0 atom stereocenters. The summed E-state index contributed by atoms with van der Waals surface area (Å²) in [5.74, 6) is 1.44. The second-order valence-corrected chi connectivity index (χ2v) is 8.50. The van der Waals surface area contributed by atoms with Crippen LogP contribution in [0.15, 0.2) is 4.79 Å². The third-order valence-corrected chi connectivity index (χ3v) is 7.01. The summed E-state index contributed by atoms with van der Waals surface area (Å²) < 4.78 is 1.83. The predicted molar refractivity (Wildman–Crippen MR) is 104 cm³/mol. The van der Waals surface area contributed by atoms with Gasteiger partial charge >= 0.3 is 0 Å². The summed E-state index contributed by atoms with van der Waals surface area (Å²) in [6.45, 7) is 4.82. The molecule has 140 valence electrons. The summed E-state index contributed by atoms with van der Waals surface area (Å²) in [5.41, 5.74) is 6.58. The van der Waals surface area contributed by atoms with Gasteiger partial charge in [0, 0.05) is 26.1 Å². The maximum absolute atomic E-state index is 13.0. The summed E-state index contributed by atoms with van der Waals surface area (Å²) in [4.78, 5) is 34.1. The van der Waals surface area contributed by atoms with Gasteiger partial charge in [0.05, 0.1) is 10.3 Å². The molecule has 0 aliphatic carbocycles. The zero-order valence-electron chi connectivity index (χ0n) is 15.3. The third kappa shape index (κ3) is 2.97. The highest BCUT2D eigenvalue weighted by Crippen LogP contribution is 2.30. The van der Waals surface area contributed by atoms with Crippen LogP contribution < -0.4 is 11.3 Å². The summed E-state index contributed by atoms with van der Waals surface area (Å²) in [5, 5.41) is 0.640. The minimum absolute atomic E-state index is 0.0292. The topological polar surface area (TPSA) is 81.2 Å². The first-order chi connectivity index (χ1) is 12.6. The van der Waals surface area contributed by atoms with E-state index in [1.807, 2.05) is 16.4 Å². The van der Waals surface area contributed by atoms with Gasteiger partial charge in [0.2, 0.25) is 0 Å². The SMILES string of the molecule is Cc1c(C(=O)N2CCC(CN)CC2)sc2nc3n(c(=O)c12)CCCCC3. The normalized spacial score (nSPS) is 18.8. The molecule has 2 aliphatic rings. The number of aryl methyl sites for hydroxylation is 2. The summed E-state index contributed by atoms with van der Waals surface area (Å²) in [6.07, 6.45) is 5.99. The van der Waals surface area contributed by atoms with Crippen LogP contribution in [0, 0.1) is 12.8 Å². The minimum atomic E-state index is 0.0292. The molecule has 0 radical (unpaired) electrons. The van der Waals surface area contributed by atoms with Gasteiger partial charge in [-0.15, -0.1) is 11.3 Å². The Morgan fingerprint density at radius 2 is 2.00 bits per heavy atom. The number of carbonyl (C=O) groups excluding carboxylic acids is 1. The van der Waals surface area contributed by atoms with Gasteiger partial charge < -0.3 is 10.6 Å². The van der Waals surface area contributed by atoms with E-state index in [-0.39, 0.29) is 11.5 Å². The molecule has 1 saturated heterocycles. The van der Waals surface area contributed by atoms with Gasteiger partial charge in [-0.2, -0.15) is 0 Å². The molecule has 0 unspecified atom stereocenters. The van der Waals surface area contributed by atoms with E-state index < -0.39 is 0 Å². The molecule has 0 bridgehead atoms. The smallest absolute Gasteiger partial charge is 0.264 e. The Labute approximate surface area is 157 Å². The third-order valence-electron chi connectivity index (χ3n) is 5.84. The summed E-state index contributed by atoms with van der Waals surface area (Å²) in [6, 6.07) is 0. The average Bonchev–Trinajstić information content (AvgIpc) is 2.83. The second kappa shape index (κ2) is 7.12. The van der Waals surface area contributed by atoms with Gasteiger partial charge in [-0.25, -0.2) is 4.98 Å². The first-order valence-electron chi connectivity index (χ1n) is 9.62. The van der Waals surface area contributed by atoms with E-state index in [0.717, 1.165) is 74.4 Å². The van der Waals surface area contributed by atoms with Crippen LogP contribution in [0.5, 0.6) is 0 Å². The molecule has 2 aromatic heterocycles. The number of amides is 1. The fourth-order valence-corrected chi connectivity index (χ4v) is 5.29. The molecule has 26 heavy (non-hydrogen) atoms. The molecule has 0 spiro atoms. The fourth-order valence-electron chi connectivity index (χ4n) is 4.13. The van der Waals surface area contributed by atoms with Crippen LogP contribution in [0.2, 0.25) is 0 Å². The van der Waals surface area contributed by atoms with E-state index in [1.54, 1.807) is 0 Å². The highest BCUT2D eigenvalue weighted by Gasteiger charge is 2.27. The standard InChI is InChI=1S/C19H26N4O2S/c1-12-15-17(21-14-5-3-2-4-8-23(14)18(15)24)26-16(12)19(25)22-9-6-13(11-20)7-10-22/h13H,2-11,20H2,1H3. The van der Waals surface area contributed by atoms with Gasteiger partial charge in [0.15, 0.2) is 0 Å². The lowest BCUT2D eigenvalue weighted by atomic mass is 9.97. The van der Waals surface area contributed by atoms with E-state index in [2.05, 4.69) is 0 Å². The van der Waals surface area contributed by atoms with Crippen molar-refractivity contribution in [3.05, 3.63) is 26.6 Å². The molecule has 2 N–H and O–H groups in total. The Morgan fingerprint density at radius 1 is 1.23 bits per heavy atom. The van der Waals surface area contributed by atoms with Gasteiger partial charge in [-0.05, 0) is 50.6 Å². The number of rotatable bonds is 2. The number of piperidine rings is 1. The summed E-state index contributed by atoms with van der Waals surface area (Å²) in [7, 11) is 0. The van der Waals surface area contributed by atoms with Crippen molar-refractivity contribution >= 4 is 27.5 Å². The maximum atomic E-state index is 13.0. The van der Waals surface area contributed by atoms with Crippen LogP contribution in [-0.4, -0.2) is 40.0 Å². The molecular formula is C19H26N4O2S. The van der Waals surface area contributed by atoms with Crippen molar-refractivity contribution < 1.29 is 4.79 Å². The predicted octanol–water partition coefficient (Wildman–Crippen LogP) is 2.30. The Bertz CT molecular complexity index is 893. The number of aromatic nitrogens is 2. The van der Waals surface area contributed by atoms with Gasteiger partial charge in [-0.1, -0.05) is 6.42 Å². The number of carbonyl (C=O) groups is 1. The number of hydrogen-bond donors (Lipinski definition) is 1. The average molecular weight is 375 g/mol. The largest absolute Gasteiger partial charge is 0.338 e.